The third-order valence-corrected chi connectivity index (χ3v) is 3.51. The Morgan fingerprint density at radius 2 is 1.86 bits per heavy atom. The maximum atomic E-state index is 13.9. The smallest absolute Gasteiger partial charge is 0.130 e. The molecule has 2 aromatic carbocycles. The lowest BCUT2D eigenvalue weighted by Crippen LogP contribution is -2.10. The van der Waals surface area contributed by atoms with Gasteiger partial charge in [0.1, 0.15) is 23.2 Å². The summed E-state index contributed by atoms with van der Waals surface area (Å²) in [6.07, 6.45) is 0. The number of hydrogen-bond donors (Lipinski definition) is 1. The summed E-state index contributed by atoms with van der Waals surface area (Å²) >= 11 is 4.82. The van der Waals surface area contributed by atoms with E-state index in [0.717, 1.165) is 5.75 Å². The lowest BCUT2D eigenvalue weighted by atomic mass is 10.0. The Morgan fingerprint density at radius 1 is 1.19 bits per heavy atom. The fourth-order valence-electron chi connectivity index (χ4n) is 1.93. The first-order valence-electron chi connectivity index (χ1n) is 6.78. The van der Waals surface area contributed by atoms with Gasteiger partial charge >= 0.3 is 0 Å². The summed E-state index contributed by atoms with van der Waals surface area (Å²) in [6.45, 7) is 4.44. The van der Waals surface area contributed by atoms with Gasteiger partial charge in [-0.1, -0.05) is 50.3 Å². The van der Waals surface area contributed by atoms with E-state index in [1.165, 1.54) is 11.6 Å². The molecule has 0 atom stereocenters. The van der Waals surface area contributed by atoms with Crippen molar-refractivity contribution < 1.29 is 9.13 Å². The van der Waals surface area contributed by atoms with Crippen LogP contribution in [0.5, 0.6) is 5.75 Å². The summed E-state index contributed by atoms with van der Waals surface area (Å²) in [6, 6.07) is 12.5. The van der Waals surface area contributed by atoms with Gasteiger partial charge in [-0.3, -0.25) is 0 Å². The van der Waals surface area contributed by atoms with E-state index in [0.29, 0.717) is 17.0 Å². The number of halogens is 1. The van der Waals surface area contributed by atoms with Crippen molar-refractivity contribution in [2.75, 3.05) is 0 Å². The van der Waals surface area contributed by atoms with Crippen LogP contribution in [0.3, 0.4) is 0 Å². The minimum absolute atomic E-state index is 0.171. The normalized spacial score (nSPS) is 10.7. The van der Waals surface area contributed by atoms with Gasteiger partial charge < -0.3 is 10.5 Å². The maximum Gasteiger partial charge on any atom is 0.130 e. The van der Waals surface area contributed by atoms with Crippen molar-refractivity contribution in [3.05, 3.63) is 65.0 Å². The van der Waals surface area contributed by atoms with E-state index in [-0.39, 0.29) is 17.4 Å². The molecule has 0 spiro atoms. The molecule has 0 aliphatic carbocycles. The Labute approximate surface area is 129 Å². The van der Waals surface area contributed by atoms with Crippen LogP contribution in [0, 0.1) is 5.82 Å². The molecule has 2 rings (SSSR count). The molecule has 0 aliphatic rings. The van der Waals surface area contributed by atoms with Gasteiger partial charge in [0.05, 0.1) is 0 Å². The van der Waals surface area contributed by atoms with Gasteiger partial charge in [-0.25, -0.2) is 4.39 Å². The molecule has 0 saturated heterocycles. The molecular weight excluding hydrogens is 285 g/mol. The molecule has 0 aromatic heterocycles. The van der Waals surface area contributed by atoms with E-state index in [1.54, 1.807) is 12.1 Å². The summed E-state index contributed by atoms with van der Waals surface area (Å²) in [4.78, 5) is 0.186. The first kappa shape index (κ1) is 15.4. The van der Waals surface area contributed by atoms with Crippen molar-refractivity contribution in [1.29, 1.82) is 0 Å². The summed E-state index contributed by atoms with van der Waals surface area (Å²) in [5, 5.41) is 0. The second-order valence-electron chi connectivity index (χ2n) is 5.18. The van der Waals surface area contributed by atoms with Gasteiger partial charge in [-0.2, -0.15) is 0 Å². The molecule has 0 radical (unpaired) electrons. The molecule has 4 heteroatoms. The Morgan fingerprint density at radius 3 is 2.38 bits per heavy atom. The van der Waals surface area contributed by atoms with Crippen LogP contribution in [0.15, 0.2) is 42.5 Å². The average molecular weight is 303 g/mol. The fraction of sp³-hybridized carbons (Fsp3) is 0.235. The Kier molecular flexibility index (Phi) is 4.91. The largest absolute Gasteiger partial charge is 0.489 e. The molecule has 2 nitrogen and oxygen atoms in total. The van der Waals surface area contributed by atoms with E-state index in [1.807, 2.05) is 24.3 Å². The van der Waals surface area contributed by atoms with Crippen LogP contribution in [0.25, 0.3) is 0 Å². The molecule has 0 bridgehead atoms. The Bertz CT molecular complexity index is 638. The highest BCUT2D eigenvalue weighted by molar-refractivity contribution is 7.80. The second-order valence-corrected chi connectivity index (χ2v) is 5.62. The van der Waals surface area contributed by atoms with Gasteiger partial charge in [0.15, 0.2) is 0 Å². The van der Waals surface area contributed by atoms with E-state index < -0.39 is 0 Å². The first-order chi connectivity index (χ1) is 9.97. The topological polar surface area (TPSA) is 35.2 Å². The minimum atomic E-state index is -0.362. The SMILES string of the molecule is CC(C)c1ccc(OCc2ccc(C(N)=S)cc2F)cc1. The number of benzene rings is 2. The first-order valence-corrected chi connectivity index (χ1v) is 7.19. The van der Waals surface area contributed by atoms with Crippen molar-refractivity contribution in [3.63, 3.8) is 0 Å². The zero-order valence-corrected chi connectivity index (χ0v) is 12.9. The van der Waals surface area contributed by atoms with Crippen molar-refractivity contribution in [2.45, 2.75) is 26.4 Å². The third kappa shape index (κ3) is 4.02. The molecule has 110 valence electrons. The molecule has 21 heavy (non-hydrogen) atoms. The molecule has 0 amide bonds. The van der Waals surface area contributed by atoms with Crippen LogP contribution in [-0.2, 0) is 6.61 Å². The number of ether oxygens (including phenoxy) is 1. The fourth-order valence-corrected chi connectivity index (χ4v) is 2.05. The van der Waals surface area contributed by atoms with E-state index >= 15 is 0 Å². The van der Waals surface area contributed by atoms with Gasteiger partial charge in [0.25, 0.3) is 0 Å². The molecule has 2 N–H and O–H groups in total. The van der Waals surface area contributed by atoms with Crippen molar-refractivity contribution in [3.8, 4) is 5.75 Å². The zero-order chi connectivity index (χ0) is 15.4. The van der Waals surface area contributed by atoms with Crippen LogP contribution >= 0.6 is 12.2 Å². The Hall–Kier alpha value is -1.94. The monoisotopic (exact) mass is 303 g/mol. The quantitative estimate of drug-likeness (QED) is 0.842. The Balaban J connectivity index is 2.04. The van der Waals surface area contributed by atoms with Crippen LogP contribution in [0.1, 0.15) is 36.5 Å². The van der Waals surface area contributed by atoms with Gasteiger partial charge in [-0.15, -0.1) is 0 Å². The maximum absolute atomic E-state index is 13.9. The predicted octanol–water partition coefficient (Wildman–Crippen LogP) is 4.16. The number of thiocarbonyl (C=S) groups is 1. The predicted molar refractivity (Wildman–Crippen MR) is 87.2 cm³/mol. The highest BCUT2D eigenvalue weighted by Crippen LogP contribution is 2.20. The second kappa shape index (κ2) is 6.68. The summed E-state index contributed by atoms with van der Waals surface area (Å²) in [5.74, 6) is 0.834. The van der Waals surface area contributed by atoms with Gasteiger partial charge in [0.2, 0.25) is 0 Å². The number of rotatable bonds is 5. The van der Waals surface area contributed by atoms with E-state index in [2.05, 4.69) is 13.8 Å². The molecule has 0 unspecified atom stereocenters. The third-order valence-electron chi connectivity index (χ3n) is 3.28. The molecule has 0 fully saturated rings. The molecular formula is C17H18FNOS. The lowest BCUT2D eigenvalue weighted by molar-refractivity contribution is 0.299. The number of nitrogens with two attached hydrogens (primary N) is 1. The standard InChI is InChI=1S/C17H18FNOS/c1-11(2)12-5-7-15(8-6-12)20-10-14-4-3-13(17(19)21)9-16(14)18/h3-9,11H,10H2,1-2H3,(H2,19,21). The van der Waals surface area contributed by atoms with Crippen molar-refractivity contribution in [2.24, 2.45) is 5.73 Å². The van der Waals surface area contributed by atoms with Crippen LogP contribution in [0.2, 0.25) is 0 Å². The van der Waals surface area contributed by atoms with Crippen LogP contribution in [-0.4, -0.2) is 4.99 Å². The highest BCUT2D eigenvalue weighted by Gasteiger charge is 2.06. The summed E-state index contributed by atoms with van der Waals surface area (Å²) in [5.41, 5.74) is 7.71. The van der Waals surface area contributed by atoms with Crippen LogP contribution < -0.4 is 10.5 Å². The minimum Gasteiger partial charge on any atom is -0.489 e. The van der Waals surface area contributed by atoms with Gasteiger partial charge in [0, 0.05) is 11.1 Å². The van der Waals surface area contributed by atoms with E-state index in [9.17, 15) is 4.39 Å². The summed E-state index contributed by atoms with van der Waals surface area (Å²) < 4.78 is 19.5. The highest BCUT2D eigenvalue weighted by atomic mass is 32.1. The molecule has 0 heterocycles. The van der Waals surface area contributed by atoms with E-state index in [4.69, 9.17) is 22.7 Å². The number of hydrogen-bond acceptors (Lipinski definition) is 2. The van der Waals surface area contributed by atoms with Crippen LogP contribution in [0.4, 0.5) is 4.39 Å². The average Bonchev–Trinajstić information content (AvgIpc) is 2.46. The molecule has 2 aromatic rings. The summed E-state index contributed by atoms with van der Waals surface area (Å²) in [7, 11) is 0. The lowest BCUT2D eigenvalue weighted by Gasteiger charge is -2.10. The van der Waals surface area contributed by atoms with Gasteiger partial charge in [-0.05, 0) is 29.7 Å². The zero-order valence-electron chi connectivity index (χ0n) is 12.1. The molecule has 0 aliphatic heterocycles. The molecule has 0 saturated carbocycles. The van der Waals surface area contributed by atoms with Crippen molar-refractivity contribution in [1.82, 2.24) is 0 Å². The van der Waals surface area contributed by atoms with Crippen molar-refractivity contribution >= 4 is 17.2 Å².